The number of carbonyl (C=O) groups is 1. The number of hydrogen-bond acceptors (Lipinski definition) is 3. The fourth-order valence-corrected chi connectivity index (χ4v) is 1.46. The van der Waals surface area contributed by atoms with Gasteiger partial charge in [-0.3, -0.25) is 4.79 Å². The fourth-order valence-electron chi connectivity index (χ4n) is 1.46. The van der Waals surface area contributed by atoms with Gasteiger partial charge in [0.15, 0.2) is 0 Å². The molecule has 14 heavy (non-hydrogen) atoms. The van der Waals surface area contributed by atoms with Crippen LogP contribution in [0.3, 0.4) is 0 Å². The van der Waals surface area contributed by atoms with E-state index in [-0.39, 0.29) is 23.9 Å². The standard InChI is InChI=1S/C10H16N2O2/c1-4-7(2)12-10(13)8-5-14-6-9(8)11-3/h1,7-9,11H,5-6H2,2-3H3,(H,12,13). The number of rotatable bonds is 3. The van der Waals surface area contributed by atoms with Gasteiger partial charge in [-0.1, -0.05) is 5.92 Å². The lowest BCUT2D eigenvalue weighted by atomic mass is 10.0. The summed E-state index contributed by atoms with van der Waals surface area (Å²) >= 11 is 0. The lowest BCUT2D eigenvalue weighted by molar-refractivity contribution is -0.125. The first-order valence-electron chi connectivity index (χ1n) is 4.70. The van der Waals surface area contributed by atoms with E-state index in [1.54, 1.807) is 6.92 Å². The molecule has 2 N–H and O–H groups in total. The number of nitrogens with one attached hydrogen (secondary N) is 2. The number of hydrogen-bond donors (Lipinski definition) is 2. The first-order valence-corrected chi connectivity index (χ1v) is 4.70. The van der Waals surface area contributed by atoms with Crippen LogP contribution in [0.15, 0.2) is 0 Å². The summed E-state index contributed by atoms with van der Waals surface area (Å²) in [4.78, 5) is 11.7. The van der Waals surface area contributed by atoms with Gasteiger partial charge in [0, 0.05) is 6.04 Å². The fraction of sp³-hybridized carbons (Fsp3) is 0.700. The number of ether oxygens (including phenoxy) is 1. The van der Waals surface area contributed by atoms with Crippen LogP contribution < -0.4 is 10.6 Å². The lowest BCUT2D eigenvalue weighted by Crippen LogP contribution is -2.44. The van der Waals surface area contributed by atoms with E-state index < -0.39 is 0 Å². The van der Waals surface area contributed by atoms with Crippen LogP contribution in [-0.4, -0.2) is 38.3 Å². The summed E-state index contributed by atoms with van der Waals surface area (Å²) < 4.78 is 5.22. The molecule has 1 aliphatic heterocycles. The zero-order chi connectivity index (χ0) is 10.6. The van der Waals surface area contributed by atoms with Gasteiger partial charge in [0.05, 0.1) is 25.2 Å². The second-order valence-electron chi connectivity index (χ2n) is 3.44. The number of terminal acetylenes is 1. The van der Waals surface area contributed by atoms with Crippen molar-refractivity contribution in [3.05, 3.63) is 0 Å². The van der Waals surface area contributed by atoms with Crippen LogP contribution in [0.4, 0.5) is 0 Å². The van der Waals surface area contributed by atoms with Crippen LogP contribution in [0.2, 0.25) is 0 Å². The molecule has 78 valence electrons. The summed E-state index contributed by atoms with van der Waals surface area (Å²) in [5, 5.41) is 5.79. The molecule has 4 heteroatoms. The largest absolute Gasteiger partial charge is 0.379 e. The third-order valence-corrected chi connectivity index (χ3v) is 2.40. The van der Waals surface area contributed by atoms with Crippen LogP contribution in [-0.2, 0) is 9.53 Å². The average molecular weight is 196 g/mol. The van der Waals surface area contributed by atoms with E-state index >= 15 is 0 Å². The number of likely N-dealkylation sites (N-methyl/N-ethyl adjacent to an activating group) is 1. The highest BCUT2D eigenvalue weighted by Gasteiger charge is 2.33. The lowest BCUT2D eigenvalue weighted by Gasteiger charge is -2.17. The Morgan fingerprint density at radius 1 is 1.64 bits per heavy atom. The van der Waals surface area contributed by atoms with Crippen molar-refractivity contribution in [1.29, 1.82) is 0 Å². The summed E-state index contributed by atoms with van der Waals surface area (Å²) in [6.07, 6.45) is 5.17. The molecule has 0 aromatic carbocycles. The van der Waals surface area contributed by atoms with E-state index in [0.717, 1.165) is 0 Å². The molecule has 1 fully saturated rings. The second-order valence-corrected chi connectivity index (χ2v) is 3.44. The molecule has 1 heterocycles. The minimum absolute atomic E-state index is 0.0349. The molecule has 1 rings (SSSR count). The van der Waals surface area contributed by atoms with Crippen molar-refractivity contribution >= 4 is 5.91 Å². The Kier molecular flexibility index (Phi) is 3.93. The molecule has 4 nitrogen and oxygen atoms in total. The van der Waals surface area contributed by atoms with Gasteiger partial charge in [-0.2, -0.15) is 0 Å². The Hall–Kier alpha value is -1.05. The molecule has 3 atom stereocenters. The Morgan fingerprint density at radius 3 is 2.93 bits per heavy atom. The topological polar surface area (TPSA) is 50.4 Å². The summed E-state index contributed by atoms with van der Waals surface area (Å²) in [5.74, 6) is 2.30. The molecule has 0 saturated carbocycles. The normalized spacial score (nSPS) is 28.1. The molecular weight excluding hydrogens is 180 g/mol. The molecule has 0 spiro atoms. The molecule has 0 aromatic rings. The Morgan fingerprint density at radius 2 is 2.36 bits per heavy atom. The Balaban J connectivity index is 2.48. The highest BCUT2D eigenvalue weighted by Crippen LogP contribution is 2.13. The maximum atomic E-state index is 11.7. The zero-order valence-electron chi connectivity index (χ0n) is 8.54. The van der Waals surface area contributed by atoms with Gasteiger partial charge in [0.2, 0.25) is 5.91 Å². The van der Waals surface area contributed by atoms with E-state index in [1.807, 2.05) is 7.05 Å². The number of carbonyl (C=O) groups excluding carboxylic acids is 1. The van der Waals surface area contributed by atoms with Gasteiger partial charge in [-0.25, -0.2) is 0 Å². The van der Waals surface area contributed by atoms with Crippen molar-refractivity contribution in [2.75, 3.05) is 20.3 Å². The predicted octanol–water partition coefficient (Wildman–Crippen LogP) is -0.641. The van der Waals surface area contributed by atoms with E-state index in [0.29, 0.717) is 13.2 Å². The third kappa shape index (κ3) is 2.47. The van der Waals surface area contributed by atoms with Gasteiger partial charge >= 0.3 is 0 Å². The molecule has 1 aliphatic rings. The molecular formula is C10H16N2O2. The van der Waals surface area contributed by atoms with Crippen LogP contribution in [0.25, 0.3) is 0 Å². The van der Waals surface area contributed by atoms with Crippen molar-refractivity contribution < 1.29 is 9.53 Å². The van der Waals surface area contributed by atoms with E-state index in [9.17, 15) is 4.79 Å². The van der Waals surface area contributed by atoms with Crippen molar-refractivity contribution in [1.82, 2.24) is 10.6 Å². The Labute approximate surface area is 84.4 Å². The summed E-state index contributed by atoms with van der Waals surface area (Å²) in [5.41, 5.74) is 0. The molecule has 1 amide bonds. The molecule has 0 bridgehead atoms. The highest BCUT2D eigenvalue weighted by atomic mass is 16.5. The van der Waals surface area contributed by atoms with Gasteiger partial charge in [0.25, 0.3) is 0 Å². The first kappa shape index (κ1) is 11.0. The maximum Gasteiger partial charge on any atom is 0.228 e. The van der Waals surface area contributed by atoms with Gasteiger partial charge in [-0.15, -0.1) is 6.42 Å². The van der Waals surface area contributed by atoms with E-state index in [4.69, 9.17) is 11.2 Å². The summed E-state index contributed by atoms with van der Waals surface area (Å²) in [6, 6.07) is -0.124. The van der Waals surface area contributed by atoms with E-state index in [2.05, 4.69) is 16.6 Å². The average Bonchev–Trinajstić information content (AvgIpc) is 2.65. The first-order chi connectivity index (χ1) is 6.69. The zero-order valence-corrected chi connectivity index (χ0v) is 8.54. The minimum Gasteiger partial charge on any atom is -0.379 e. The van der Waals surface area contributed by atoms with Crippen molar-refractivity contribution in [2.24, 2.45) is 5.92 Å². The van der Waals surface area contributed by atoms with Crippen molar-refractivity contribution in [3.8, 4) is 12.3 Å². The second kappa shape index (κ2) is 4.99. The van der Waals surface area contributed by atoms with Gasteiger partial charge < -0.3 is 15.4 Å². The van der Waals surface area contributed by atoms with Gasteiger partial charge in [0.1, 0.15) is 0 Å². The number of amides is 1. The van der Waals surface area contributed by atoms with Crippen LogP contribution in [0.5, 0.6) is 0 Å². The van der Waals surface area contributed by atoms with Crippen LogP contribution in [0.1, 0.15) is 6.92 Å². The molecule has 0 aromatic heterocycles. The molecule has 0 aliphatic carbocycles. The van der Waals surface area contributed by atoms with Crippen molar-refractivity contribution in [3.63, 3.8) is 0 Å². The molecule has 1 saturated heterocycles. The minimum atomic E-state index is -0.222. The van der Waals surface area contributed by atoms with Crippen LogP contribution >= 0.6 is 0 Å². The predicted molar refractivity (Wildman–Crippen MR) is 53.6 cm³/mol. The Bertz CT molecular complexity index is 247. The van der Waals surface area contributed by atoms with Crippen LogP contribution in [0, 0.1) is 18.3 Å². The van der Waals surface area contributed by atoms with Crippen molar-refractivity contribution in [2.45, 2.75) is 19.0 Å². The van der Waals surface area contributed by atoms with Gasteiger partial charge in [-0.05, 0) is 14.0 Å². The highest BCUT2D eigenvalue weighted by molar-refractivity contribution is 5.80. The summed E-state index contributed by atoms with van der Waals surface area (Å²) in [6.45, 7) is 2.83. The SMILES string of the molecule is C#CC(C)NC(=O)C1COCC1NC. The maximum absolute atomic E-state index is 11.7. The molecule has 3 unspecified atom stereocenters. The third-order valence-electron chi connectivity index (χ3n) is 2.40. The molecule has 0 radical (unpaired) electrons. The van der Waals surface area contributed by atoms with E-state index in [1.165, 1.54) is 0 Å². The summed E-state index contributed by atoms with van der Waals surface area (Å²) in [7, 11) is 1.82. The smallest absolute Gasteiger partial charge is 0.228 e. The monoisotopic (exact) mass is 196 g/mol. The quantitative estimate of drug-likeness (QED) is 0.590.